The normalized spacial score (nSPS) is 25.1. The third-order valence-electron chi connectivity index (χ3n) is 3.25. The smallest absolute Gasteiger partial charge is 0.225 e. The van der Waals surface area contributed by atoms with Crippen LogP contribution in [0.5, 0.6) is 0 Å². The molecular weight excluding hydrogens is 204 g/mol. The Morgan fingerprint density at radius 3 is 2.75 bits per heavy atom. The lowest BCUT2D eigenvalue weighted by molar-refractivity contribution is 0.244. The van der Waals surface area contributed by atoms with Gasteiger partial charge in [0.15, 0.2) is 0 Å². The van der Waals surface area contributed by atoms with Crippen molar-refractivity contribution < 1.29 is 5.11 Å². The Kier molecular flexibility index (Phi) is 3.36. The number of nitrogens with two attached hydrogens (primary N) is 1. The van der Waals surface area contributed by atoms with E-state index in [1.807, 2.05) is 0 Å². The van der Waals surface area contributed by atoms with E-state index in [1.54, 1.807) is 12.4 Å². The molecule has 0 bridgehead atoms. The van der Waals surface area contributed by atoms with Gasteiger partial charge in [-0.25, -0.2) is 9.97 Å². The number of nitrogens with zero attached hydrogens (tertiary/aromatic N) is 3. The van der Waals surface area contributed by atoms with Crippen LogP contribution in [0.25, 0.3) is 0 Å². The van der Waals surface area contributed by atoms with Crippen LogP contribution in [0.3, 0.4) is 0 Å². The first kappa shape index (κ1) is 11.3. The van der Waals surface area contributed by atoms with Crippen LogP contribution in [0.1, 0.15) is 18.9 Å². The highest BCUT2D eigenvalue weighted by molar-refractivity contribution is 5.34. The highest BCUT2D eigenvalue weighted by Crippen LogP contribution is 2.26. The molecule has 2 unspecified atom stereocenters. The minimum absolute atomic E-state index is 0.142. The summed E-state index contributed by atoms with van der Waals surface area (Å²) in [7, 11) is 0. The van der Waals surface area contributed by atoms with Gasteiger partial charge in [0.1, 0.15) is 0 Å². The predicted molar refractivity (Wildman–Crippen MR) is 61.9 cm³/mol. The Balaban J connectivity index is 2.17. The standard InChI is InChI=1S/C11H18N4O/c1-8-2-3-15(10(8)7-16)11-13-5-9(4-12)6-14-11/h5-6,8,10,16H,2-4,7,12H2,1H3. The molecule has 2 rings (SSSR count). The first-order valence-electron chi connectivity index (χ1n) is 5.64. The van der Waals surface area contributed by atoms with Crippen LogP contribution in [0.15, 0.2) is 12.4 Å². The van der Waals surface area contributed by atoms with E-state index >= 15 is 0 Å². The van der Waals surface area contributed by atoms with Crippen molar-refractivity contribution >= 4 is 5.95 Å². The highest BCUT2D eigenvalue weighted by Gasteiger charge is 2.31. The van der Waals surface area contributed by atoms with Crippen molar-refractivity contribution in [3.63, 3.8) is 0 Å². The minimum Gasteiger partial charge on any atom is -0.394 e. The zero-order chi connectivity index (χ0) is 11.5. The Morgan fingerprint density at radius 1 is 1.50 bits per heavy atom. The molecule has 16 heavy (non-hydrogen) atoms. The molecule has 0 saturated carbocycles. The average Bonchev–Trinajstić information content (AvgIpc) is 2.70. The van der Waals surface area contributed by atoms with Gasteiger partial charge in [-0.3, -0.25) is 0 Å². The molecule has 2 atom stereocenters. The summed E-state index contributed by atoms with van der Waals surface area (Å²) >= 11 is 0. The fraction of sp³-hybridized carbons (Fsp3) is 0.636. The number of aromatic nitrogens is 2. The van der Waals surface area contributed by atoms with Crippen molar-refractivity contribution in [2.75, 3.05) is 18.1 Å². The van der Waals surface area contributed by atoms with Gasteiger partial charge < -0.3 is 15.7 Å². The van der Waals surface area contributed by atoms with Crippen molar-refractivity contribution in [3.05, 3.63) is 18.0 Å². The number of hydrogen-bond acceptors (Lipinski definition) is 5. The van der Waals surface area contributed by atoms with Crippen molar-refractivity contribution in [2.45, 2.75) is 25.9 Å². The van der Waals surface area contributed by atoms with E-state index < -0.39 is 0 Å². The summed E-state index contributed by atoms with van der Waals surface area (Å²) in [6, 6.07) is 0.142. The third-order valence-corrected chi connectivity index (χ3v) is 3.25. The van der Waals surface area contributed by atoms with E-state index in [1.165, 1.54) is 0 Å². The van der Waals surface area contributed by atoms with Crippen LogP contribution in [0.2, 0.25) is 0 Å². The number of aliphatic hydroxyl groups is 1. The second-order valence-electron chi connectivity index (χ2n) is 4.30. The molecule has 1 fully saturated rings. The van der Waals surface area contributed by atoms with Crippen LogP contribution in [0.4, 0.5) is 5.95 Å². The minimum atomic E-state index is 0.142. The number of hydrogen-bond donors (Lipinski definition) is 2. The molecule has 0 spiro atoms. The molecule has 1 aromatic heterocycles. The van der Waals surface area contributed by atoms with E-state index in [2.05, 4.69) is 21.8 Å². The van der Waals surface area contributed by atoms with E-state index in [9.17, 15) is 5.11 Å². The fourth-order valence-electron chi connectivity index (χ4n) is 2.14. The molecule has 0 radical (unpaired) electrons. The molecule has 1 saturated heterocycles. The van der Waals surface area contributed by atoms with Gasteiger partial charge >= 0.3 is 0 Å². The van der Waals surface area contributed by atoms with Gasteiger partial charge in [0.25, 0.3) is 0 Å². The summed E-state index contributed by atoms with van der Waals surface area (Å²) < 4.78 is 0. The van der Waals surface area contributed by atoms with Crippen LogP contribution in [0, 0.1) is 5.92 Å². The lowest BCUT2D eigenvalue weighted by Crippen LogP contribution is -2.36. The first-order chi connectivity index (χ1) is 7.76. The maximum absolute atomic E-state index is 9.35. The molecule has 0 amide bonds. The zero-order valence-electron chi connectivity index (χ0n) is 9.50. The quantitative estimate of drug-likeness (QED) is 0.761. The SMILES string of the molecule is CC1CCN(c2ncc(CN)cn2)C1CO. The lowest BCUT2D eigenvalue weighted by atomic mass is 10.0. The van der Waals surface area contributed by atoms with Crippen LogP contribution in [-0.4, -0.2) is 34.3 Å². The van der Waals surface area contributed by atoms with Gasteiger partial charge in [0, 0.05) is 31.0 Å². The summed E-state index contributed by atoms with van der Waals surface area (Å²) in [5, 5.41) is 9.35. The molecule has 0 aliphatic carbocycles. The molecule has 1 aromatic rings. The summed E-state index contributed by atoms with van der Waals surface area (Å²) in [5.41, 5.74) is 6.42. The molecule has 3 N–H and O–H groups in total. The third kappa shape index (κ3) is 2.01. The maximum atomic E-state index is 9.35. The Morgan fingerprint density at radius 2 is 2.19 bits per heavy atom. The van der Waals surface area contributed by atoms with Gasteiger partial charge in [0.05, 0.1) is 12.6 Å². The van der Waals surface area contributed by atoms with Gasteiger partial charge in [-0.2, -0.15) is 0 Å². The molecule has 2 heterocycles. The first-order valence-corrected chi connectivity index (χ1v) is 5.64. The monoisotopic (exact) mass is 222 g/mol. The molecule has 0 aromatic carbocycles. The van der Waals surface area contributed by atoms with Gasteiger partial charge in [0.2, 0.25) is 5.95 Å². The molecular formula is C11H18N4O. The molecule has 1 aliphatic heterocycles. The Labute approximate surface area is 95.3 Å². The molecule has 1 aliphatic rings. The van der Waals surface area contributed by atoms with Crippen molar-refractivity contribution in [1.82, 2.24) is 9.97 Å². The number of rotatable bonds is 3. The van der Waals surface area contributed by atoms with Crippen molar-refractivity contribution in [1.29, 1.82) is 0 Å². The Bertz CT molecular complexity index is 340. The number of aliphatic hydroxyl groups excluding tert-OH is 1. The summed E-state index contributed by atoms with van der Waals surface area (Å²) in [4.78, 5) is 10.7. The second kappa shape index (κ2) is 4.76. The highest BCUT2D eigenvalue weighted by atomic mass is 16.3. The molecule has 88 valence electrons. The van der Waals surface area contributed by atoms with Crippen molar-refractivity contribution in [2.24, 2.45) is 11.7 Å². The van der Waals surface area contributed by atoms with Crippen molar-refractivity contribution in [3.8, 4) is 0 Å². The van der Waals surface area contributed by atoms with Crippen LogP contribution in [-0.2, 0) is 6.54 Å². The summed E-state index contributed by atoms with van der Waals surface area (Å²) in [6.07, 6.45) is 4.58. The zero-order valence-corrected chi connectivity index (χ0v) is 9.50. The summed E-state index contributed by atoms with van der Waals surface area (Å²) in [5.74, 6) is 1.18. The average molecular weight is 222 g/mol. The van der Waals surface area contributed by atoms with Gasteiger partial charge in [-0.1, -0.05) is 6.92 Å². The summed E-state index contributed by atoms with van der Waals surface area (Å²) in [6.45, 7) is 3.67. The largest absolute Gasteiger partial charge is 0.394 e. The lowest BCUT2D eigenvalue weighted by Gasteiger charge is -2.24. The van der Waals surface area contributed by atoms with Gasteiger partial charge in [-0.05, 0) is 12.3 Å². The van der Waals surface area contributed by atoms with E-state index in [-0.39, 0.29) is 12.6 Å². The van der Waals surface area contributed by atoms with E-state index in [0.717, 1.165) is 18.5 Å². The fourth-order valence-corrected chi connectivity index (χ4v) is 2.14. The Hall–Kier alpha value is -1.20. The molecule has 5 nitrogen and oxygen atoms in total. The van der Waals surface area contributed by atoms with Crippen LogP contribution >= 0.6 is 0 Å². The van der Waals surface area contributed by atoms with Crippen LogP contribution < -0.4 is 10.6 Å². The van der Waals surface area contributed by atoms with Gasteiger partial charge in [-0.15, -0.1) is 0 Å². The number of anilines is 1. The second-order valence-corrected chi connectivity index (χ2v) is 4.30. The maximum Gasteiger partial charge on any atom is 0.225 e. The molecule has 5 heteroatoms. The van der Waals surface area contributed by atoms with E-state index in [4.69, 9.17) is 5.73 Å². The van der Waals surface area contributed by atoms with E-state index in [0.29, 0.717) is 18.4 Å². The predicted octanol–water partition coefficient (Wildman–Crippen LogP) is 0.142. The topological polar surface area (TPSA) is 75.3 Å².